The normalized spacial score (nSPS) is 11.9. The zero-order valence-electron chi connectivity index (χ0n) is 10.4. The van der Waals surface area contributed by atoms with Crippen LogP contribution in [0, 0.1) is 5.82 Å². The number of benzene rings is 2. The third-order valence-corrected chi connectivity index (χ3v) is 3.06. The summed E-state index contributed by atoms with van der Waals surface area (Å²) in [6, 6.07) is 13.3. The predicted octanol–water partition coefficient (Wildman–Crippen LogP) is 3.97. The molecule has 0 unspecified atom stereocenters. The van der Waals surface area contributed by atoms with E-state index in [4.69, 9.17) is 11.6 Å². The molecule has 0 bridgehead atoms. The average Bonchev–Trinajstić information content (AvgIpc) is 2.39. The molecule has 0 radical (unpaired) electrons. The van der Waals surface area contributed by atoms with E-state index >= 15 is 0 Å². The minimum absolute atomic E-state index is 0.00724. The summed E-state index contributed by atoms with van der Waals surface area (Å²) in [6.07, 6.45) is 0. The molecule has 0 spiro atoms. The zero-order chi connectivity index (χ0) is 13.8. The van der Waals surface area contributed by atoms with Crippen molar-refractivity contribution < 1.29 is 9.18 Å². The molecule has 0 aliphatic rings. The van der Waals surface area contributed by atoms with E-state index in [0.717, 1.165) is 11.6 Å². The SMILES string of the molecule is C[C@H](NC(=O)c1ccc(Cl)cc1F)c1ccccc1. The van der Waals surface area contributed by atoms with E-state index in [1.807, 2.05) is 37.3 Å². The van der Waals surface area contributed by atoms with E-state index in [1.165, 1.54) is 12.1 Å². The number of hydrogen-bond acceptors (Lipinski definition) is 1. The molecule has 2 rings (SSSR count). The van der Waals surface area contributed by atoms with Crippen LogP contribution in [-0.4, -0.2) is 5.91 Å². The topological polar surface area (TPSA) is 29.1 Å². The lowest BCUT2D eigenvalue weighted by molar-refractivity contribution is 0.0936. The monoisotopic (exact) mass is 277 g/mol. The highest BCUT2D eigenvalue weighted by atomic mass is 35.5. The van der Waals surface area contributed by atoms with Crippen LogP contribution >= 0.6 is 11.6 Å². The summed E-state index contributed by atoms with van der Waals surface area (Å²) < 4.78 is 13.6. The maximum atomic E-state index is 13.6. The minimum atomic E-state index is -0.620. The Kier molecular flexibility index (Phi) is 4.17. The number of carbonyl (C=O) groups excluding carboxylic acids is 1. The maximum absolute atomic E-state index is 13.6. The summed E-state index contributed by atoms with van der Waals surface area (Å²) in [5.41, 5.74) is 0.956. The van der Waals surface area contributed by atoms with Crippen LogP contribution in [0.4, 0.5) is 4.39 Å². The summed E-state index contributed by atoms with van der Waals surface area (Å²) in [6.45, 7) is 1.85. The Hall–Kier alpha value is -1.87. The molecule has 1 amide bonds. The van der Waals surface area contributed by atoms with Gasteiger partial charge in [0.05, 0.1) is 11.6 Å². The molecule has 0 fully saturated rings. The Balaban J connectivity index is 2.13. The van der Waals surface area contributed by atoms with E-state index in [0.29, 0.717) is 0 Å². The van der Waals surface area contributed by atoms with Gasteiger partial charge in [0.25, 0.3) is 5.91 Å². The van der Waals surface area contributed by atoms with Crippen LogP contribution in [0.5, 0.6) is 0 Å². The first-order valence-corrected chi connectivity index (χ1v) is 6.26. The molecule has 2 aromatic rings. The molecule has 2 nitrogen and oxygen atoms in total. The van der Waals surface area contributed by atoms with Gasteiger partial charge in [-0.3, -0.25) is 4.79 Å². The van der Waals surface area contributed by atoms with Crippen molar-refractivity contribution in [3.05, 3.63) is 70.5 Å². The molecule has 0 aliphatic carbocycles. The number of hydrogen-bond donors (Lipinski definition) is 1. The highest BCUT2D eigenvalue weighted by Gasteiger charge is 2.15. The van der Waals surface area contributed by atoms with Crippen LogP contribution in [0.25, 0.3) is 0 Å². The molecule has 0 saturated carbocycles. The molecule has 0 heterocycles. The second-order valence-electron chi connectivity index (χ2n) is 4.23. The van der Waals surface area contributed by atoms with Gasteiger partial charge in [-0.15, -0.1) is 0 Å². The van der Waals surface area contributed by atoms with E-state index in [-0.39, 0.29) is 16.6 Å². The fraction of sp³-hybridized carbons (Fsp3) is 0.133. The zero-order valence-corrected chi connectivity index (χ0v) is 11.1. The lowest BCUT2D eigenvalue weighted by Crippen LogP contribution is -2.27. The van der Waals surface area contributed by atoms with Crippen LogP contribution < -0.4 is 5.32 Å². The van der Waals surface area contributed by atoms with Gasteiger partial charge in [-0.1, -0.05) is 41.9 Å². The van der Waals surface area contributed by atoms with Gasteiger partial charge in [0.15, 0.2) is 0 Å². The summed E-state index contributed by atoms with van der Waals surface area (Å²) >= 11 is 5.65. The molecule has 1 atom stereocenters. The van der Waals surface area contributed by atoms with Crippen molar-refractivity contribution in [3.63, 3.8) is 0 Å². The van der Waals surface area contributed by atoms with Crippen molar-refractivity contribution in [1.29, 1.82) is 0 Å². The average molecular weight is 278 g/mol. The fourth-order valence-electron chi connectivity index (χ4n) is 1.77. The van der Waals surface area contributed by atoms with Gasteiger partial charge in [-0.2, -0.15) is 0 Å². The molecular formula is C15H13ClFNO. The Morgan fingerprint density at radius 3 is 2.53 bits per heavy atom. The van der Waals surface area contributed by atoms with Crippen molar-refractivity contribution in [3.8, 4) is 0 Å². The van der Waals surface area contributed by atoms with Crippen LogP contribution in [0.15, 0.2) is 48.5 Å². The number of halogens is 2. The van der Waals surface area contributed by atoms with Crippen molar-refractivity contribution >= 4 is 17.5 Å². The largest absolute Gasteiger partial charge is 0.345 e. The first kappa shape index (κ1) is 13.6. The summed E-state index contributed by atoms with van der Waals surface area (Å²) in [5.74, 6) is -1.07. The van der Waals surface area contributed by atoms with E-state index in [1.54, 1.807) is 0 Å². The smallest absolute Gasteiger partial charge is 0.254 e. The van der Waals surface area contributed by atoms with Crippen LogP contribution in [0.1, 0.15) is 28.9 Å². The minimum Gasteiger partial charge on any atom is -0.345 e. The molecule has 0 saturated heterocycles. The molecule has 98 valence electrons. The van der Waals surface area contributed by atoms with Gasteiger partial charge in [-0.05, 0) is 30.7 Å². The number of amides is 1. The molecule has 19 heavy (non-hydrogen) atoms. The molecule has 2 aromatic carbocycles. The lowest BCUT2D eigenvalue weighted by atomic mass is 10.1. The van der Waals surface area contributed by atoms with Gasteiger partial charge in [0.1, 0.15) is 5.82 Å². The highest BCUT2D eigenvalue weighted by molar-refractivity contribution is 6.30. The summed E-state index contributed by atoms with van der Waals surface area (Å²) in [5, 5.41) is 3.02. The number of carbonyl (C=O) groups is 1. The fourth-order valence-corrected chi connectivity index (χ4v) is 1.93. The van der Waals surface area contributed by atoms with E-state index in [9.17, 15) is 9.18 Å². The van der Waals surface area contributed by atoms with Crippen molar-refractivity contribution in [2.45, 2.75) is 13.0 Å². The lowest BCUT2D eigenvalue weighted by Gasteiger charge is -2.14. The molecule has 1 N–H and O–H groups in total. The second-order valence-corrected chi connectivity index (χ2v) is 4.67. The molecular weight excluding hydrogens is 265 g/mol. The van der Waals surface area contributed by atoms with E-state index in [2.05, 4.69) is 5.32 Å². The van der Waals surface area contributed by atoms with Crippen molar-refractivity contribution in [2.24, 2.45) is 0 Å². The maximum Gasteiger partial charge on any atom is 0.254 e. The van der Waals surface area contributed by atoms with Crippen LogP contribution in [-0.2, 0) is 0 Å². The quantitative estimate of drug-likeness (QED) is 0.904. The number of nitrogens with one attached hydrogen (secondary N) is 1. The van der Waals surface area contributed by atoms with Crippen LogP contribution in [0.3, 0.4) is 0 Å². The van der Waals surface area contributed by atoms with Gasteiger partial charge in [0.2, 0.25) is 0 Å². The second kappa shape index (κ2) is 5.85. The Labute approximate surface area is 116 Å². The van der Waals surface area contributed by atoms with Crippen molar-refractivity contribution in [1.82, 2.24) is 5.32 Å². The van der Waals surface area contributed by atoms with Gasteiger partial charge in [0, 0.05) is 5.02 Å². The third kappa shape index (κ3) is 3.32. The predicted molar refractivity (Wildman–Crippen MR) is 73.7 cm³/mol. The standard InChI is InChI=1S/C15H13ClFNO/c1-10(11-5-3-2-4-6-11)18-15(19)13-8-7-12(16)9-14(13)17/h2-10H,1H3,(H,18,19)/t10-/m0/s1. The highest BCUT2D eigenvalue weighted by Crippen LogP contribution is 2.17. The number of rotatable bonds is 3. The third-order valence-electron chi connectivity index (χ3n) is 2.82. The molecule has 0 aliphatic heterocycles. The Morgan fingerprint density at radius 1 is 1.21 bits per heavy atom. The molecule has 4 heteroatoms. The van der Waals surface area contributed by atoms with E-state index < -0.39 is 11.7 Å². The first-order chi connectivity index (χ1) is 9.08. The molecule has 0 aromatic heterocycles. The van der Waals surface area contributed by atoms with Gasteiger partial charge >= 0.3 is 0 Å². The van der Waals surface area contributed by atoms with Gasteiger partial charge in [-0.25, -0.2) is 4.39 Å². The Bertz CT molecular complexity index is 586. The Morgan fingerprint density at radius 2 is 1.89 bits per heavy atom. The first-order valence-electron chi connectivity index (χ1n) is 5.89. The van der Waals surface area contributed by atoms with Gasteiger partial charge < -0.3 is 5.32 Å². The summed E-state index contributed by atoms with van der Waals surface area (Å²) in [4.78, 5) is 12.0. The summed E-state index contributed by atoms with van der Waals surface area (Å²) in [7, 11) is 0. The van der Waals surface area contributed by atoms with Crippen molar-refractivity contribution in [2.75, 3.05) is 0 Å². The van der Waals surface area contributed by atoms with Crippen LogP contribution in [0.2, 0.25) is 5.02 Å².